The molecule has 1 N–H and O–H groups in total. The van der Waals surface area contributed by atoms with Gasteiger partial charge in [-0.1, -0.05) is 23.2 Å². The molecule has 0 spiro atoms. The number of hydrogen-bond donors (Lipinski definition) is 1. The largest absolute Gasteiger partial charge is 0.332 e. The quantitative estimate of drug-likeness (QED) is 0.926. The van der Waals surface area contributed by atoms with Crippen molar-refractivity contribution >= 4 is 29.1 Å². The van der Waals surface area contributed by atoms with Crippen LogP contribution in [-0.4, -0.2) is 36.0 Å². The van der Waals surface area contributed by atoms with Crippen LogP contribution in [0.1, 0.15) is 36.2 Å². The van der Waals surface area contributed by atoms with Gasteiger partial charge in [-0.3, -0.25) is 4.79 Å². The molecule has 1 amide bonds. The maximum absolute atomic E-state index is 12.9. The third-order valence-corrected chi connectivity index (χ3v) is 4.69. The predicted octanol–water partition coefficient (Wildman–Crippen LogP) is 3.51. The third kappa shape index (κ3) is 2.95. The smallest absolute Gasteiger partial charge is 0.254 e. The second-order valence-corrected chi connectivity index (χ2v) is 6.27. The van der Waals surface area contributed by atoms with Crippen molar-refractivity contribution in [1.82, 2.24) is 10.2 Å². The summed E-state index contributed by atoms with van der Waals surface area (Å²) >= 11 is 12.1. The van der Waals surface area contributed by atoms with Crippen molar-refractivity contribution in [2.24, 2.45) is 0 Å². The Bertz CT molecular complexity index is 511. The first-order valence-corrected chi connectivity index (χ1v) is 7.67. The van der Waals surface area contributed by atoms with Crippen LogP contribution in [0.25, 0.3) is 0 Å². The summed E-state index contributed by atoms with van der Waals surface area (Å²) in [6, 6.07) is 3.86. The molecule has 1 atom stereocenters. The second-order valence-electron chi connectivity index (χ2n) is 5.49. The standard InChI is InChI=1S/C15H20Cl2N2O/c1-9(2)19(11-6-7-18-8-11)15(20)12-4-5-13(16)14(17)10(12)3/h4-5,9,11,18H,6-8H2,1-3H3/t11-/m1/s1. The predicted molar refractivity (Wildman–Crippen MR) is 83.8 cm³/mol. The zero-order chi connectivity index (χ0) is 14.9. The van der Waals surface area contributed by atoms with E-state index in [2.05, 4.69) is 5.32 Å². The van der Waals surface area contributed by atoms with Crippen LogP contribution in [-0.2, 0) is 0 Å². The Morgan fingerprint density at radius 2 is 2.10 bits per heavy atom. The monoisotopic (exact) mass is 314 g/mol. The summed E-state index contributed by atoms with van der Waals surface area (Å²) in [5.74, 6) is 0.0322. The zero-order valence-corrected chi connectivity index (χ0v) is 13.6. The van der Waals surface area contributed by atoms with E-state index >= 15 is 0 Å². The van der Waals surface area contributed by atoms with Crippen LogP contribution in [0.2, 0.25) is 10.0 Å². The Labute approximate surface area is 130 Å². The summed E-state index contributed by atoms with van der Waals surface area (Å²) in [4.78, 5) is 14.8. The number of carbonyl (C=O) groups is 1. The van der Waals surface area contributed by atoms with E-state index < -0.39 is 0 Å². The van der Waals surface area contributed by atoms with Crippen LogP contribution in [0, 0.1) is 6.92 Å². The topological polar surface area (TPSA) is 32.3 Å². The second kappa shape index (κ2) is 6.33. The van der Waals surface area contributed by atoms with Crippen molar-refractivity contribution in [1.29, 1.82) is 0 Å². The van der Waals surface area contributed by atoms with E-state index in [-0.39, 0.29) is 18.0 Å². The fourth-order valence-corrected chi connectivity index (χ4v) is 3.09. The maximum Gasteiger partial charge on any atom is 0.254 e. The van der Waals surface area contributed by atoms with Crippen LogP contribution < -0.4 is 5.32 Å². The lowest BCUT2D eigenvalue weighted by Crippen LogP contribution is -2.46. The lowest BCUT2D eigenvalue weighted by molar-refractivity contribution is 0.0626. The lowest BCUT2D eigenvalue weighted by atomic mass is 10.0. The molecule has 0 bridgehead atoms. The minimum Gasteiger partial charge on any atom is -0.332 e. The van der Waals surface area contributed by atoms with Gasteiger partial charge >= 0.3 is 0 Å². The highest BCUT2D eigenvalue weighted by molar-refractivity contribution is 6.42. The number of nitrogens with one attached hydrogen (secondary N) is 1. The Balaban J connectivity index is 2.35. The average molecular weight is 315 g/mol. The van der Waals surface area contributed by atoms with E-state index in [1.54, 1.807) is 12.1 Å². The fourth-order valence-electron chi connectivity index (χ4n) is 2.72. The number of benzene rings is 1. The Morgan fingerprint density at radius 3 is 2.65 bits per heavy atom. The van der Waals surface area contributed by atoms with Crippen LogP contribution >= 0.6 is 23.2 Å². The molecule has 0 unspecified atom stereocenters. The molecule has 0 aromatic heterocycles. The molecule has 1 aromatic rings. The molecule has 1 aromatic carbocycles. The molecule has 3 nitrogen and oxygen atoms in total. The molecule has 1 aliphatic rings. The van der Waals surface area contributed by atoms with Gasteiger partial charge in [-0.15, -0.1) is 0 Å². The fraction of sp³-hybridized carbons (Fsp3) is 0.533. The number of nitrogens with zero attached hydrogens (tertiary/aromatic N) is 1. The van der Waals surface area contributed by atoms with Gasteiger partial charge in [-0.25, -0.2) is 0 Å². The first-order valence-electron chi connectivity index (χ1n) is 6.91. The summed E-state index contributed by atoms with van der Waals surface area (Å²) in [5, 5.41) is 4.26. The molecule has 20 heavy (non-hydrogen) atoms. The van der Waals surface area contributed by atoms with E-state index in [0.29, 0.717) is 15.6 Å². The summed E-state index contributed by atoms with van der Waals surface area (Å²) in [6.45, 7) is 7.74. The van der Waals surface area contributed by atoms with Crippen molar-refractivity contribution in [3.63, 3.8) is 0 Å². The van der Waals surface area contributed by atoms with Gasteiger partial charge in [0.05, 0.1) is 10.0 Å². The van der Waals surface area contributed by atoms with Gasteiger partial charge < -0.3 is 10.2 Å². The van der Waals surface area contributed by atoms with Crippen molar-refractivity contribution in [3.05, 3.63) is 33.3 Å². The number of halogens is 2. The van der Waals surface area contributed by atoms with Gasteiger partial charge in [0.2, 0.25) is 0 Å². The highest BCUT2D eigenvalue weighted by Crippen LogP contribution is 2.29. The summed E-state index contributed by atoms with van der Waals surface area (Å²) in [5.41, 5.74) is 1.39. The minimum absolute atomic E-state index is 0.0322. The first-order chi connectivity index (χ1) is 9.43. The highest BCUT2D eigenvalue weighted by atomic mass is 35.5. The highest BCUT2D eigenvalue weighted by Gasteiger charge is 2.30. The van der Waals surface area contributed by atoms with Gasteiger partial charge in [-0.05, 0) is 51.4 Å². The molecule has 0 radical (unpaired) electrons. The third-order valence-electron chi connectivity index (χ3n) is 3.79. The van der Waals surface area contributed by atoms with E-state index in [1.807, 2.05) is 25.7 Å². The van der Waals surface area contributed by atoms with E-state index in [0.717, 1.165) is 25.1 Å². The molecule has 1 heterocycles. The van der Waals surface area contributed by atoms with Crippen molar-refractivity contribution in [2.75, 3.05) is 13.1 Å². The Morgan fingerprint density at radius 1 is 1.40 bits per heavy atom. The molecular weight excluding hydrogens is 295 g/mol. The molecule has 1 fully saturated rings. The van der Waals surface area contributed by atoms with Gasteiger partial charge in [0.25, 0.3) is 5.91 Å². The molecule has 1 saturated heterocycles. The van der Waals surface area contributed by atoms with Crippen molar-refractivity contribution < 1.29 is 4.79 Å². The SMILES string of the molecule is Cc1c(C(=O)N(C(C)C)[C@@H]2CCNC2)ccc(Cl)c1Cl. The Hall–Kier alpha value is -0.770. The molecule has 0 aliphatic carbocycles. The summed E-state index contributed by atoms with van der Waals surface area (Å²) in [7, 11) is 0. The zero-order valence-electron chi connectivity index (χ0n) is 12.0. The van der Waals surface area contributed by atoms with E-state index in [9.17, 15) is 4.79 Å². The normalized spacial score (nSPS) is 18.6. The summed E-state index contributed by atoms with van der Waals surface area (Å²) < 4.78 is 0. The minimum atomic E-state index is 0.0322. The molecule has 5 heteroatoms. The van der Waals surface area contributed by atoms with Gasteiger partial charge in [0, 0.05) is 24.2 Å². The van der Waals surface area contributed by atoms with Crippen LogP contribution in [0.3, 0.4) is 0 Å². The van der Waals surface area contributed by atoms with E-state index in [4.69, 9.17) is 23.2 Å². The number of amides is 1. The van der Waals surface area contributed by atoms with Crippen LogP contribution in [0.5, 0.6) is 0 Å². The molecular formula is C15H20Cl2N2O. The number of hydrogen-bond acceptors (Lipinski definition) is 2. The van der Waals surface area contributed by atoms with Gasteiger partial charge in [0.15, 0.2) is 0 Å². The number of rotatable bonds is 3. The molecule has 1 aliphatic heterocycles. The number of carbonyl (C=O) groups excluding carboxylic acids is 1. The maximum atomic E-state index is 12.9. The van der Waals surface area contributed by atoms with Crippen LogP contribution in [0.4, 0.5) is 0 Å². The molecule has 0 saturated carbocycles. The molecule has 2 rings (SSSR count). The van der Waals surface area contributed by atoms with E-state index in [1.165, 1.54) is 0 Å². The van der Waals surface area contributed by atoms with Crippen LogP contribution in [0.15, 0.2) is 12.1 Å². The first kappa shape index (κ1) is 15.6. The Kier molecular flexibility index (Phi) is 4.95. The average Bonchev–Trinajstić information content (AvgIpc) is 2.89. The molecule has 110 valence electrons. The summed E-state index contributed by atoms with van der Waals surface area (Å²) in [6.07, 6.45) is 0.990. The van der Waals surface area contributed by atoms with Crippen molar-refractivity contribution in [2.45, 2.75) is 39.3 Å². The lowest BCUT2D eigenvalue weighted by Gasteiger charge is -2.33. The van der Waals surface area contributed by atoms with Crippen molar-refractivity contribution in [3.8, 4) is 0 Å². The van der Waals surface area contributed by atoms with Gasteiger partial charge in [-0.2, -0.15) is 0 Å². The van der Waals surface area contributed by atoms with Gasteiger partial charge in [0.1, 0.15) is 0 Å².